The van der Waals surface area contributed by atoms with Gasteiger partial charge in [0, 0.05) is 50.7 Å². The van der Waals surface area contributed by atoms with Crippen molar-refractivity contribution in [2.45, 2.75) is 58.2 Å². The highest BCUT2D eigenvalue weighted by atomic mass is 16.5. The van der Waals surface area contributed by atoms with Gasteiger partial charge < -0.3 is 9.72 Å². The predicted octanol–water partition coefficient (Wildman–Crippen LogP) is 3.33. The molecule has 3 rings (SSSR count). The highest BCUT2D eigenvalue weighted by Gasteiger charge is 2.20. The molecule has 1 atom stereocenters. The van der Waals surface area contributed by atoms with E-state index in [2.05, 4.69) is 32.8 Å². The molecule has 0 aromatic carbocycles. The Labute approximate surface area is 144 Å². The van der Waals surface area contributed by atoms with Crippen molar-refractivity contribution in [3.05, 3.63) is 47.8 Å². The van der Waals surface area contributed by atoms with E-state index in [0.717, 1.165) is 50.6 Å². The quantitative estimate of drug-likeness (QED) is 0.767. The summed E-state index contributed by atoms with van der Waals surface area (Å²) in [7, 11) is 0. The van der Waals surface area contributed by atoms with Crippen LogP contribution in [0, 0.1) is 0 Å². The summed E-state index contributed by atoms with van der Waals surface area (Å²) >= 11 is 0. The number of pyridine rings is 1. The number of imidazole rings is 1. The van der Waals surface area contributed by atoms with Crippen LogP contribution in [0.4, 0.5) is 0 Å². The normalized spacial score (nSPS) is 17.7. The van der Waals surface area contributed by atoms with Gasteiger partial charge in [-0.1, -0.05) is 19.4 Å². The van der Waals surface area contributed by atoms with Gasteiger partial charge in [0.25, 0.3) is 0 Å². The van der Waals surface area contributed by atoms with Crippen molar-refractivity contribution in [3.63, 3.8) is 0 Å². The van der Waals surface area contributed by atoms with E-state index in [1.165, 1.54) is 25.0 Å². The van der Waals surface area contributed by atoms with Gasteiger partial charge in [0.1, 0.15) is 5.82 Å². The lowest BCUT2D eigenvalue weighted by molar-refractivity contribution is 0.0671. The van der Waals surface area contributed by atoms with Gasteiger partial charge in [-0.15, -0.1) is 0 Å². The lowest BCUT2D eigenvalue weighted by Gasteiger charge is -2.24. The molecule has 1 fully saturated rings. The molecule has 0 bridgehead atoms. The lowest BCUT2D eigenvalue weighted by Crippen LogP contribution is -2.31. The van der Waals surface area contributed by atoms with Crippen LogP contribution in [0.25, 0.3) is 0 Å². The Morgan fingerprint density at radius 2 is 2.25 bits per heavy atom. The molecule has 0 unspecified atom stereocenters. The Hall–Kier alpha value is -1.72. The van der Waals surface area contributed by atoms with E-state index in [4.69, 9.17) is 4.74 Å². The van der Waals surface area contributed by atoms with Crippen molar-refractivity contribution in [3.8, 4) is 0 Å². The molecule has 2 aromatic heterocycles. The first kappa shape index (κ1) is 17.1. The van der Waals surface area contributed by atoms with Crippen LogP contribution in [0.2, 0.25) is 0 Å². The third kappa shape index (κ3) is 5.14. The Morgan fingerprint density at radius 3 is 3.00 bits per heavy atom. The fraction of sp³-hybridized carbons (Fsp3) is 0.579. The maximum atomic E-state index is 5.83. The number of nitrogens with zero attached hydrogens (tertiary/aromatic N) is 3. The van der Waals surface area contributed by atoms with Crippen molar-refractivity contribution in [2.75, 3.05) is 13.2 Å². The summed E-state index contributed by atoms with van der Waals surface area (Å²) in [6.45, 7) is 5.74. The summed E-state index contributed by atoms with van der Waals surface area (Å²) in [5, 5.41) is 0. The van der Waals surface area contributed by atoms with Gasteiger partial charge in [-0.3, -0.25) is 9.88 Å². The van der Waals surface area contributed by atoms with Gasteiger partial charge in [0.05, 0.1) is 11.8 Å². The fourth-order valence-corrected chi connectivity index (χ4v) is 3.18. The van der Waals surface area contributed by atoms with Gasteiger partial charge in [-0.05, 0) is 31.4 Å². The summed E-state index contributed by atoms with van der Waals surface area (Å²) in [6.07, 6.45) is 9.92. The summed E-state index contributed by atoms with van der Waals surface area (Å²) in [5.41, 5.74) is 2.27. The molecule has 0 saturated carbocycles. The molecule has 0 radical (unpaired) electrons. The van der Waals surface area contributed by atoms with Crippen molar-refractivity contribution < 1.29 is 4.74 Å². The molecular formula is C19H28N4O. The molecule has 2 aromatic rings. The second-order valence-electron chi connectivity index (χ2n) is 6.58. The number of ether oxygens (including phenoxy) is 1. The van der Waals surface area contributed by atoms with Gasteiger partial charge in [-0.25, -0.2) is 4.98 Å². The number of unbranched alkanes of at least 4 members (excludes halogenated alkanes) is 1. The third-order valence-corrected chi connectivity index (χ3v) is 4.44. The van der Waals surface area contributed by atoms with Crippen molar-refractivity contribution in [1.82, 2.24) is 19.9 Å². The minimum Gasteiger partial charge on any atom is -0.377 e. The highest BCUT2D eigenvalue weighted by molar-refractivity contribution is 5.05. The van der Waals surface area contributed by atoms with Crippen LogP contribution in [-0.2, 0) is 24.2 Å². The second kappa shape index (κ2) is 8.94. The first-order valence-electron chi connectivity index (χ1n) is 9.10. The topological polar surface area (TPSA) is 54.0 Å². The smallest absolute Gasteiger partial charge is 0.106 e. The number of aryl methyl sites for hydroxylation is 1. The molecule has 24 heavy (non-hydrogen) atoms. The molecule has 1 aliphatic rings. The van der Waals surface area contributed by atoms with E-state index in [0.29, 0.717) is 6.10 Å². The first-order valence-corrected chi connectivity index (χ1v) is 9.10. The molecule has 0 spiro atoms. The Kier molecular flexibility index (Phi) is 6.38. The Bertz CT molecular complexity index is 592. The third-order valence-electron chi connectivity index (χ3n) is 4.44. The number of hydrogen-bond acceptors (Lipinski definition) is 4. The van der Waals surface area contributed by atoms with Crippen LogP contribution < -0.4 is 0 Å². The van der Waals surface area contributed by atoms with E-state index >= 15 is 0 Å². The van der Waals surface area contributed by atoms with Gasteiger partial charge >= 0.3 is 0 Å². The molecule has 1 aliphatic heterocycles. The van der Waals surface area contributed by atoms with Crippen molar-refractivity contribution in [2.24, 2.45) is 0 Å². The maximum Gasteiger partial charge on any atom is 0.106 e. The molecular weight excluding hydrogens is 300 g/mol. The van der Waals surface area contributed by atoms with Crippen LogP contribution in [0.15, 0.2) is 30.6 Å². The molecule has 5 heteroatoms. The molecule has 1 saturated heterocycles. The molecule has 3 heterocycles. The van der Waals surface area contributed by atoms with E-state index in [1.807, 2.05) is 24.5 Å². The maximum absolute atomic E-state index is 5.83. The molecule has 5 nitrogen and oxygen atoms in total. The summed E-state index contributed by atoms with van der Waals surface area (Å²) in [5.74, 6) is 1.10. The zero-order chi connectivity index (χ0) is 16.6. The fourth-order valence-electron chi connectivity index (χ4n) is 3.18. The molecule has 0 amide bonds. The monoisotopic (exact) mass is 328 g/mol. The Morgan fingerprint density at radius 1 is 1.29 bits per heavy atom. The predicted molar refractivity (Wildman–Crippen MR) is 94.5 cm³/mol. The molecule has 130 valence electrons. The standard InChI is InChI=1S/C19H28N4O/c1-2-3-9-19-21-12-17(22-19)14-23(15-18-8-6-11-24-18)13-16-7-4-5-10-20-16/h4-5,7,10,12,18H,2-3,6,8-9,11,13-15H2,1H3,(H,21,22)/t18-/m1/s1. The molecule has 1 N–H and O–H groups in total. The van der Waals surface area contributed by atoms with Gasteiger partial charge in [0.15, 0.2) is 0 Å². The minimum absolute atomic E-state index is 0.344. The number of H-pyrrole nitrogens is 1. The first-order chi connectivity index (χ1) is 11.8. The second-order valence-corrected chi connectivity index (χ2v) is 6.58. The highest BCUT2D eigenvalue weighted by Crippen LogP contribution is 2.16. The van der Waals surface area contributed by atoms with E-state index in [-0.39, 0.29) is 0 Å². The number of aromatic nitrogens is 3. The summed E-state index contributed by atoms with van der Waals surface area (Å²) in [4.78, 5) is 14.9. The van der Waals surface area contributed by atoms with Gasteiger partial charge in [0.2, 0.25) is 0 Å². The average molecular weight is 328 g/mol. The molecule has 0 aliphatic carbocycles. The summed E-state index contributed by atoms with van der Waals surface area (Å²) < 4.78 is 5.83. The SMILES string of the molecule is CCCCc1ncc(CN(Cc2ccccn2)C[C@H]2CCCO2)[nH]1. The van der Waals surface area contributed by atoms with Crippen LogP contribution >= 0.6 is 0 Å². The van der Waals surface area contributed by atoms with Crippen LogP contribution in [0.1, 0.15) is 49.8 Å². The van der Waals surface area contributed by atoms with Crippen LogP contribution in [-0.4, -0.2) is 39.1 Å². The zero-order valence-electron chi connectivity index (χ0n) is 14.6. The van der Waals surface area contributed by atoms with E-state index < -0.39 is 0 Å². The van der Waals surface area contributed by atoms with Crippen molar-refractivity contribution in [1.29, 1.82) is 0 Å². The van der Waals surface area contributed by atoms with Crippen LogP contribution in [0.5, 0.6) is 0 Å². The van der Waals surface area contributed by atoms with E-state index in [9.17, 15) is 0 Å². The average Bonchev–Trinajstić information content (AvgIpc) is 3.26. The Balaban J connectivity index is 1.63. The number of rotatable bonds is 9. The number of hydrogen-bond donors (Lipinski definition) is 1. The number of aromatic amines is 1. The van der Waals surface area contributed by atoms with E-state index in [1.54, 1.807) is 0 Å². The minimum atomic E-state index is 0.344. The zero-order valence-corrected chi connectivity index (χ0v) is 14.6. The lowest BCUT2D eigenvalue weighted by atomic mass is 10.2. The largest absolute Gasteiger partial charge is 0.377 e. The van der Waals surface area contributed by atoms with Crippen molar-refractivity contribution >= 4 is 0 Å². The van der Waals surface area contributed by atoms with Gasteiger partial charge in [-0.2, -0.15) is 0 Å². The van der Waals surface area contributed by atoms with Crippen LogP contribution in [0.3, 0.4) is 0 Å². The number of nitrogens with one attached hydrogen (secondary N) is 1. The summed E-state index contributed by atoms with van der Waals surface area (Å²) in [6, 6.07) is 6.09.